The summed E-state index contributed by atoms with van der Waals surface area (Å²) in [6, 6.07) is 1.39. The van der Waals surface area contributed by atoms with Gasteiger partial charge in [0.25, 0.3) is 0 Å². The van der Waals surface area contributed by atoms with Crippen LogP contribution in [-0.4, -0.2) is 31.2 Å². The zero-order valence-electron chi connectivity index (χ0n) is 14.1. The van der Waals surface area contributed by atoms with Crippen molar-refractivity contribution in [2.24, 2.45) is 0 Å². The van der Waals surface area contributed by atoms with E-state index in [1.807, 2.05) is 0 Å². The number of ketones is 1. The van der Waals surface area contributed by atoms with Crippen molar-refractivity contribution in [1.82, 2.24) is 14.3 Å². The van der Waals surface area contributed by atoms with Crippen LogP contribution in [0, 0.1) is 37.8 Å². The second-order valence-corrected chi connectivity index (χ2v) is 5.84. The number of hydrogen-bond donors (Lipinski definition) is 0. The van der Waals surface area contributed by atoms with E-state index in [9.17, 15) is 28.1 Å². The van der Waals surface area contributed by atoms with Gasteiger partial charge in [0.1, 0.15) is 24.5 Å². The highest BCUT2D eigenvalue weighted by Crippen LogP contribution is 2.25. The fourth-order valence-corrected chi connectivity index (χ4v) is 2.83. The first-order valence-corrected chi connectivity index (χ1v) is 7.37. The number of hydrogen-bond acceptors (Lipinski definition) is 4. The van der Waals surface area contributed by atoms with Crippen LogP contribution in [0.3, 0.4) is 0 Å². The van der Waals surface area contributed by atoms with Gasteiger partial charge in [-0.15, -0.1) is 0 Å². The van der Waals surface area contributed by atoms with Gasteiger partial charge < -0.3 is 4.57 Å². The molecule has 2 heterocycles. The average Bonchev–Trinajstić information content (AvgIpc) is 2.88. The summed E-state index contributed by atoms with van der Waals surface area (Å²) in [5.41, 5.74) is 0.901. The van der Waals surface area contributed by atoms with Gasteiger partial charge in [-0.3, -0.25) is 19.6 Å². The third-order valence-corrected chi connectivity index (χ3v) is 4.03. The highest BCUT2D eigenvalue weighted by molar-refractivity contribution is 5.97. The molecule has 7 nitrogen and oxygen atoms in total. The molecular weight excluding hydrogens is 341 g/mol. The van der Waals surface area contributed by atoms with Gasteiger partial charge in [-0.2, -0.15) is 18.3 Å². The number of carbonyl (C=O) groups is 1. The Bertz CT molecular complexity index is 849. The van der Waals surface area contributed by atoms with Crippen molar-refractivity contribution < 1.29 is 22.9 Å². The molecule has 0 unspecified atom stereocenters. The van der Waals surface area contributed by atoms with Crippen LogP contribution in [0.15, 0.2) is 6.07 Å². The summed E-state index contributed by atoms with van der Waals surface area (Å²) in [6.45, 7) is 4.40. The Kier molecular flexibility index (Phi) is 4.74. The van der Waals surface area contributed by atoms with Crippen molar-refractivity contribution in [3.63, 3.8) is 0 Å². The summed E-state index contributed by atoms with van der Waals surface area (Å²) in [5.74, 6) is -0.456. The van der Waals surface area contributed by atoms with E-state index >= 15 is 0 Å². The molecule has 10 heteroatoms. The number of Topliss-reactive ketones (excluding diaryl/α,β-unsaturated/α-hetero) is 1. The fourth-order valence-electron chi connectivity index (χ4n) is 2.83. The molecule has 0 aliphatic carbocycles. The minimum Gasteiger partial charge on any atom is -0.339 e. The van der Waals surface area contributed by atoms with Crippen LogP contribution >= 0.6 is 0 Å². The summed E-state index contributed by atoms with van der Waals surface area (Å²) < 4.78 is 40.2. The maximum atomic E-state index is 12.7. The summed E-state index contributed by atoms with van der Waals surface area (Å²) >= 11 is 0. The van der Waals surface area contributed by atoms with Gasteiger partial charge >= 0.3 is 11.9 Å². The van der Waals surface area contributed by atoms with E-state index in [-0.39, 0.29) is 34.9 Å². The van der Waals surface area contributed by atoms with Gasteiger partial charge in [0.05, 0.1) is 4.92 Å². The molecule has 2 aromatic rings. The number of carbonyl (C=O) groups excluding carboxylic acids is 1. The normalized spacial score (nSPS) is 11.8. The standard InChI is InChI=1S/C15H17F3N4O3/c1-8-5-12(10(3)20(8)7-15(16,17)18)13(23)6-21-11(4)14(22(24)25)9(2)19-21/h5H,6-7H2,1-4H3. The topological polar surface area (TPSA) is 83.0 Å². The number of nitrogens with zero attached hydrogens (tertiary/aromatic N) is 4. The van der Waals surface area contributed by atoms with E-state index in [1.165, 1.54) is 38.4 Å². The third kappa shape index (κ3) is 3.72. The number of halogens is 3. The first-order valence-electron chi connectivity index (χ1n) is 7.37. The number of nitro groups is 1. The molecule has 0 spiro atoms. The molecule has 0 saturated carbocycles. The Morgan fingerprint density at radius 2 is 1.84 bits per heavy atom. The predicted molar refractivity (Wildman–Crippen MR) is 82.6 cm³/mol. The second-order valence-electron chi connectivity index (χ2n) is 5.84. The van der Waals surface area contributed by atoms with E-state index in [0.717, 1.165) is 4.57 Å². The van der Waals surface area contributed by atoms with Crippen LogP contribution in [0.4, 0.5) is 18.9 Å². The molecule has 0 atom stereocenters. The Morgan fingerprint density at radius 3 is 2.32 bits per heavy atom. The van der Waals surface area contributed by atoms with Crippen molar-refractivity contribution >= 4 is 11.5 Å². The van der Waals surface area contributed by atoms with Crippen LogP contribution in [0.5, 0.6) is 0 Å². The highest BCUT2D eigenvalue weighted by atomic mass is 19.4. The maximum absolute atomic E-state index is 12.7. The summed E-state index contributed by atoms with van der Waals surface area (Å²) in [6.07, 6.45) is -4.40. The molecule has 2 aromatic heterocycles. The molecule has 0 amide bonds. The molecule has 25 heavy (non-hydrogen) atoms. The largest absolute Gasteiger partial charge is 0.406 e. The van der Waals surface area contributed by atoms with Gasteiger partial charge in [0.2, 0.25) is 0 Å². The number of aryl methyl sites for hydroxylation is 2. The minimum absolute atomic E-state index is 0.150. The molecule has 0 bridgehead atoms. The van der Waals surface area contributed by atoms with Crippen LogP contribution in [0.25, 0.3) is 0 Å². The van der Waals surface area contributed by atoms with E-state index in [1.54, 1.807) is 0 Å². The first-order chi connectivity index (χ1) is 11.4. The molecule has 0 fully saturated rings. The molecule has 0 aliphatic heterocycles. The van der Waals surface area contributed by atoms with Crippen molar-refractivity contribution in [3.8, 4) is 0 Å². The summed E-state index contributed by atoms with van der Waals surface area (Å²) in [7, 11) is 0. The molecule has 0 aromatic carbocycles. The van der Waals surface area contributed by atoms with E-state index in [4.69, 9.17) is 0 Å². The monoisotopic (exact) mass is 358 g/mol. The van der Waals surface area contributed by atoms with Crippen molar-refractivity contribution in [1.29, 1.82) is 0 Å². The van der Waals surface area contributed by atoms with Gasteiger partial charge in [-0.05, 0) is 33.8 Å². The highest BCUT2D eigenvalue weighted by Gasteiger charge is 2.30. The minimum atomic E-state index is -4.40. The second kappa shape index (κ2) is 6.34. The number of rotatable bonds is 5. The summed E-state index contributed by atoms with van der Waals surface area (Å²) in [5, 5.41) is 15.0. The predicted octanol–water partition coefficient (Wildman–Crippen LogP) is 3.27. The number of alkyl halides is 3. The lowest BCUT2D eigenvalue weighted by Crippen LogP contribution is -2.20. The smallest absolute Gasteiger partial charge is 0.339 e. The lowest BCUT2D eigenvalue weighted by atomic mass is 10.1. The Balaban J connectivity index is 2.33. The van der Waals surface area contributed by atoms with Gasteiger partial charge in [-0.1, -0.05) is 0 Å². The van der Waals surface area contributed by atoms with Gasteiger partial charge in [0.15, 0.2) is 5.78 Å². The zero-order valence-corrected chi connectivity index (χ0v) is 14.1. The lowest BCUT2D eigenvalue weighted by molar-refractivity contribution is -0.386. The Morgan fingerprint density at radius 1 is 1.24 bits per heavy atom. The van der Waals surface area contributed by atoms with Gasteiger partial charge in [-0.25, -0.2) is 0 Å². The molecule has 0 radical (unpaired) electrons. The van der Waals surface area contributed by atoms with Gasteiger partial charge in [0, 0.05) is 17.0 Å². The number of aromatic nitrogens is 3. The Hall–Kier alpha value is -2.65. The van der Waals surface area contributed by atoms with Crippen molar-refractivity contribution in [2.75, 3.05) is 0 Å². The van der Waals surface area contributed by atoms with Crippen LogP contribution < -0.4 is 0 Å². The molecular formula is C15H17F3N4O3. The zero-order chi connectivity index (χ0) is 19.1. The van der Waals surface area contributed by atoms with E-state index in [2.05, 4.69) is 5.10 Å². The van der Waals surface area contributed by atoms with Crippen LogP contribution in [0.1, 0.15) is 33.1 Å². The lowest BCUT2D eigenvalue weighted by Gasteiger charge is -2.12. The molecule has 0 saturated heterocycles. The molecule has 0 aliphatic rings. The molecule has 2 rings (SSSR count). The molecule has 136 valence electrons. The van der Waals surface area contributed by atoms with Crippen LogP contribution in [-0.2, 0) is 13.1 Å². The quantitative estimate of drug-likeness (QED) is 0.467. The molecule has 0 N–H and O–H groups in total. The average molecular weight is 358 g/mol. The van der Waals surface area contributed by atoms with Crippen molar-refractivity contribution in [3.05, 3.63) is 44.5 Å². The van der Waals surface area contributed by atoms with E-state index < -0.39 is 23.4 Å². The first kappa shape index (κ1) is 18.7. The maximum Gasteiger partial charge on any atom is 0.406 e. The Labute approximate surface area is 141 Å². The fraction of sp³-hybridized carbons (Fsp3) is 0.467. The third-order valence-electron chi connectivity index (χ3n) is 4.03. The van der Waals surface area contributed by atoms with E-state index in [0.29, 0.717) is 5.69 Å². The van der Waals surface area contributed by atoms with Crippen molar-refractivity contribution in [2.45, 2.75) is 47.0 Å². The van der Waals surface area contributed by atoms with Crippen LogP contribution in [0.2, 0.25) is 0 Å². The SMILES string of the molecule is Cc1nn(CC(=O)c2cc(C)n(CC(F)(F)F)c2C)c(C)c1[N+](=O)[O-]. The summed E-state index contributed by atoms with van der Waals surface area (Å²) in [4.78, 5) is 22.9.